The zero-order chi connectivity index (χ0) is 21.3. The molecule has 0 saturated carbocycles. The van der Waals surface area contributed by atoms with Crippen molar-refractivity contribution in [3.8, 4) is 0 Å². The van der Waals surface area contributed by atoms with Crippen LogP contribution >= 0.6 is 0 Å². The molecule has 0 amide bonds. The molecule has 0 bridgehead atoms. The predicted molar refractivity (Wildman–Crippen MR) is 115 cm³/mol. The highest BCUT2D eigenvalue weighted by Gasteiger charge is 2.32. The highest BCUT2D eigenvalue weighted by molar-refractivity contribution is 7.89. The standard InChI is InChI=1S/C22H24FN3O3S/c1-16-13-24-11-6-12-26(16)30(28,29)20-10-5-9-18-21(20)19(23)15-25(22(18)27)14-17-7-3-2-4-8-17/h2-5,7-10,15-16,24H,6,11-14H2,1H3/t16-/m0/s1. The van der Waals surface area contributed by atoms with Crippen LogP contribution in [0.25, 0.3) is 10.8 Å². The number of sulfonamides is 1. The van der Waals surface area contributed by atoms with Crippen LogP contribution in [0.4, 0.5) is 4.39 Å². The molecular formula is C22H24FN3O3S. The average Bonchev–Trinajstić information content (AvgIpc) is 2.97. The van der Waals surface area contributed by atoms with Crippen LogP contribution < -0.4 is 10.9 Å². The first kappa shape index (κ1) is 20.7. The second kappa shape index (κ2) is 8.29. The van der Waals surface area contributed by atoms with E-state index in [9.17, 15) is 13.2 Å². The number of hydrogen-bond donors (Lipinski definition) is 1. The molecule has 0 unspecified atom stereocenters. The van der Waals surface area contributed by atoms with Crippen molar-refractivity contribution in [2.24, 2.45) is 0 Å². The van der Waals surface area contributed by atoms with E-state index in [1.54, 1.807) is 0 Å². The van der Waals surface area contributed by atoms with Gasteiger partial charge < -0.3 is 9.88 Å². The highest BCUT2D eigenvalue weighted by atomic mass is 32.2. The number of benzene rings is 2. The second-order valence-corrected chi connectivity index (χ2v) is 9.46. The Morgan fingerprint density at radius 3 is 2.67 bits per heavy atom. The van der Waals surface area contributed by atoms with E-state index >= 15 is 4.39 Å². The minimum atomic E-state index is -3.97. The summed E-state index contributed by atoms with van der Waals surface area (Å²) in [5.74, 6) is -0.722. The monoisotopic (exact) mass is 429 g/mol. The Morgan fingerprint density at radius 2 is 1.90 bits per heavy atom. The zero-order valence-corrected chi connectivity index (χ0v) is 17.5. The van der Waals surface area contributed by atoms with Gasteiger partial charge in [0.2, 0.25) is 10.0 Å². The Bertz CT molecular complexity index is 1230. The average molecular weight is 430 g/mol. The van der Waals surface area contributed by atoms with Gasteiger partial charge in [-0.1, -0.05) is 36.4 Å². The number of nitrogens with zero attached hydrogens (tertiary/aromatic N) is 2. The van der Waals surface area contributed by atoms with E-state index in [1.807, 2.05) is 37.3 Å². The van der Waals surface area contributed by atoms with E-state index in [1.165, 1.54) is 27.1 Å². The Morgan fingerprint density at radius 1 is 1.13 bits per heavy atom. The second-order valence-electron chi connectivity index (χ2n) is 7.60. The summed E-state index contributed by atoms with van der Waals surface area (Å²) in [6.07, 6.45) is 1.77. The molecule has 1 fully saturated rings. The lowest BCUT2D eigenvalue weighted by molar-refractivity contribution is 0.353. The Labute approximate surface area is 175 Å². The molecule has 1 aliphatic rings. The summed E-state index contributed by atoms with van der Waals surface area (Å²) < 4.78 is 44.7. The smallest absolute Gasteiger partial charge is 0.258 e. The third-order valence-electron chi connectivity index (χ3n) is 5.47. The van der Waals surface area contributed by atoms with Crippen molar-refractivity contribution in [3.63, 3.8) is 0 Å². The normalized spacial score (nSPS) is 18.4. The summed E-state index contributed by atoms with van der Waals surface area (Å²) in [6.45, 7) is 3.63. The molecule has 30 heavy (non-hydrogen) atoms. The molecule has 4 rings (SSSR count). The largest absolute Gasteiger partial charge is 0.315 e. The Kier molecular flexibility index (Phi) is 5.73. The van der Waals surface area contributed by atoms with Crippen molar-refractivity contribution >= 4 is 20.8 Å². The van der Waals surface area contributed by atoms with Gasteiger partial charge in [0.05, 0.1) is 16.8 Å². The first-order chi connectivity index (χ1) is 14.4. The first-order valence-corrected chi connectivity index (χ1v) is 11.4. The van der Waals surface area contributed by atoms with Gasteiger partial charge in [-0.15, -0.1) is 0 Å². The fraction of sp³-hybridized carbons (Fsp3) is 0.318. The van der Waals surface area contributed by atoms with Gasteiger partial charge in [-0.05, 0) is 37.6 Å². The molecule has 158 valence electrons. The summed E-state index contributed by atoms with van der Waals surface area (Å²) in [5.41, 5.74) is 0.436. The Balaban J connectivity index is 1.84. The van der Waals surface area contributed by atoms with Crippen molar-refractivity contribution in [1.82, 2.24) is 14.2 Å². The first-order valence-electron chi connectivity index (χ1n) is 9.98. The number of rotatable bonds is 4. The van der Waals surface area contributed by atoms with E-state index in [4.69, 9.17) is 0 Å². The van der Waals surface area contributed by atoms with Crippen LogP contribution in [-0.4, -0.2) is 43.0 Å². The summed E-state index contributed by atoms with van der Waals surface area (Å²) >= 11 is 0. The SMILES string of the molecule is C[C@H]1CNCCCN1S(=O)(=O)c1cccc2c(=O)n(Cc3ccccc3)cc(F)c12. The lowest BCUT2D eigenvalue weighted by Gasteiger charge is -2.26. The lowest BCUT2D eigenvalue weighted by Crippen LogP contribution is -2.41. The summed E-state index contributed by atoms with van der Waals surface area (Å²) in [4.78, 5) is 12.9. The molecule has 1 aliphatic heterocycles. The molecule has 1 N–H and O–H groups in total. The number of nitrogens with one attached hydrogen (secondary N) is 1. The maximum absolute atomic E-state index is 15.2. The van der Waals surface area contributed by atoms with Crippen LogP contribution in [0.2, 0.25) is 0 Å². The van der Waals surface area contributed by atoms with Gasteiger partial charge in [-0.25, -0.2) is 12.8 Å². The van der Waals surface area contributed by atoms with Crippen LogP contribution in [0, 0.1) is 5.82 Å². The van der Waals surface area contributed by atoms with E-state index in [0.29, 0.717) is 19.5 Å². The summed E-state index contributed by atoms with van der Waals surface area (Å²) in [7, 11) is -3.97. The summed E-state index contributed by atoms with van der Waals surface area (Å²) in [5, 5.41) is 3.13. The van der Waals surface area contributed by atoms with Gasteiger partial charge in [0, 0.05) is 30.7 Å². The molecule has 1 atom stereocenters. The van der Waals surface area contributed by atoms with Crippen LogP contribution in [0.1, 0.15) is 18.9 Å². The fourth-order valence-electron chi connectivity index (χ4n) is 3.96. The molecule has 0 aliphatic carbocycles. The molecule has 3 aromatic rings. The summed E-state index contributed by atoms with van der Waals surface area (Å²) in [6, 6.07) is 13.4. The lowest BCUT2D eigenvalue weighted by atomic mass is 10.1. The van der Waals surface area contributed by atoms with Crippen molar-refractivity contribution in [2.75, 3.05) is 19.6 Å². The van der Waals surface area contributed by atoms with Crippen molar-refractivity contribution in [2.45, 2.75) is 30.8 Å². The van der Waals surface area contributed by atoms with Crippen LogP contribution in [0.15, 0.2) is 64.4 Å². The number of fused-ring (bicyclic) bond motifs is 1. The van der Waals surface area contributed by atoms with Crippen molar-refractivity contribution in [3.05, 3.63) is 76.5 Å². The maximum Gasteiger partial charge on any atom is 0.258 e. The molecular weight excluding hydrogens is 405 g/mol. The minimum Gasteiger partial charge on any atom is -0.315 e. The van der Waals surface area contributed by atoms with Gasteiger partial charge in [0.1, 0.15) is 5.82 Å². The fourth-order valence-corrected chi connectivity index (χ4v) is 5.85. The number of aromatic nitrogens is 1. The topological polar surface area (TPSA) is 71.4 Å². The predicted octanol–water partition coefficient (Wildman–Crippen LogP) is 2.56. The van der Waals surface area contributed by atoms with Gasteiger partial charge in [0.15, 0.2) is 0 Å². The third-order valence-corrected chi connectivity index (χ3v) is 7.53. The van der Waals surface area contributed by atoms with Crippen molar-refractivity contribution in [1.29, 1.82) is 0 Å². The molecule has 2 heterocycles. The Hall–Kier alpha value is -2.55. The molecule has 0 radical (unpaired) electrons. The molecule has 8 heteroatoms. The van der Waals surface area contributed by atoms with Gasteiger partial charge >= 0.3 is 0 Å². The maximum atomic E-state index is 15.2. The number of pyridine rings is 1. The van der Waals surface area contributed by atoms with E-state index < -0.39 is 21.4 Å². The molecule has 0 spiro atoms. The van der Waals surface area contributed by atoms with Gasteiger partial charge in [0.25, 0.3) is 5.56 Å². The molecule has 1 saturated heterocycles. The van der Waals surface area contributed by atoms with Gasteiger partial charge in [-0.2, -0.15) is 4.31 Å². The van der Waals surface area contributed by atoms with E-state index in [-0.39, 0.29) is 28.3 Å². The van der Waals surface area contributed by atoms with Crippen LogP contribution in [-0.2, 0) is 16.6 Å². The number of halogens is 1. The van der Waals surface area contributed by atoms with Crippen molar-refractivity contribution < 1.29 is 12.8 Å². The molecule has 1 aromatic heterocycles. The van der Waals surface area contributed by atoms with Gasteiger partial charge in [-0.3, -0.25) is 4.79 Å². The van der Waals surface area contributed by atoms with Crippen LogP contribution in [0.5, 0.6) is 0 Å². The number of hydrogen-bond acceptors (Lipinski definition) is 4. The third kappa shape index (κ3) is 3.78. The molecule has 2 aromatic carbocycles. The highest BCUT2D eigenvalue weighted by Crippen LogP contribution is 2.28. The van der Waals surface area contributed by atoms with E-state index in [0.717, 1.165) is 18.3 Å². The minimum absolute atomic E-state index is 0.0626. The molecule has 6 nitrogen and oxygen atoms in total. The quantitative estimate of drug-likeness (QED) is 0.692. The zero-order valence-electron chi connectivity index (χ0n) is 16.7. The van der Waals surface area contributed by atoms with E-state index in [2.05, 4.69) is 5.32 Å². The van der Waals surface area contributed by atoms with Crippen LogP contribution in [0.3, 0.4) is 0 Å².